The molecular weight excluding hydrogens is 182 g/mol. The number of carbonyl (C=O) groups excluding carboxylic acids is 2. The number of nitrogens with zero attached hydrogens (tertiary/aromatic N) is 1. The van der Waals surface area contributed by atoms with Crippen molar-refractivity contribution in [3.63, 3.8) is 0 Å². The topological polar surface area (TPSA) is 46.6 Å². The molecule has 0 saturated carbocycles. The highest BCUT2D eigenvalue weighted by molar-refractivity contribution is 5.95. The van der Waals surface area contributed by atoms with Gasteiger partial charge in [0.1, 0.15) is 6.54 Å². The van der Waals surface area contributed by atoms with E-state index in [1.54, 1.807) is 20.8 Å². The summed E-state index contributed by atoms with van der Waals surface area (Å²) in [6.07, 6.45) is 0. The Morgan fingerprint density at radius 3 is 2.43 bits per heavy atom. The number of amides is 1. The van der Waals surface area contributed by atoms with Gasteiger partial charge in [-0.25, -0.2) is 0 Å². The molecule has 0 aliphatic heterocycles. The Labute approximate surface area is 84.2 Å². The number of likely N-dealkylation sites (N-methyl/N-ethyl adjacent to an activating group) is 1. The molecule has 4 nitrogen and oxygen atoms in total. The molecule has 0 aliphatic rings. The fraction of sp³-hybridized carbons (Fsp3) is 0.600. The van der Waals surface area contributed by atoms with Crippen LogP contribution in [0.3, 0.4) is 0 Å². The molecule has 0 radical (unpaired) electrons. The molecule has 0 rings (SSSR count). The molecule has 0 aromatic heterocycles. The Kier molecular flexibility index (Phi) is 6.21. The van der Waals surface area contributed by atoms with Gasteiger partial charge < -0.3 is 9.64 Å². The van der Waals surface area contributed by atoms with Gasteiger partial charge in [-0.05, 0) is 26.7 Å². The number of hydrogen-bond acceptors (Lipinski definition) is 3. The molecular formula is C10H15NO3. The molecule has 1 amide bonds. The molecule has 0 aliphatic carbocycles. The highest BCUT2D eigenvalue weighted by Crippen LogP contribution is 1.90. The first-order valence-electron chi connectivity index (χ1n) is 4.52. The maximum atomic E-state index is 11.3. The lowest BCUT2D eigenvalue weighted by Gasteiger charge is -2.16. The van der Waals surface area contributed by atoms with Crippen LogP contribution < -0.4 is 0 Å². The summed E-state index contributed by atoms with van der Waals surface area (Å²) in [7, 11) is 0. The van der Waals surface area contributed by atoms with Gasteiger partial charge in [-0.1, -0.05) is 5.92 Å². The smallest absolute Gasteiger partial charge is 0.325 e. The van der Waals surface area contributed by atoms with Gasteiger partial charge in [0.15, 0.2) is 0 Å². The molecule has 0 aromatic carbocycles. The summed E-state index contributed by atoms with van der Waals surface area (Å²) in [5, 5.41) is 0. The lowest BCUT2D eigenvalue weighted by molar-refractivity contribution is -0.147. The lowest BCUT2D eigenvalue weighted by Crippen LogP contribution is -2.35. The lowest BCUT2D eigenvalue weighted by atomic mass is 10.4. The minimum atomic E-state index is -0.402. The largest absolute Gasteiger partial charge is 0.465 e. The van der Waals surface area contributed by atoms with Crippen molar-refractivity contribution >= 4 is 11.9 Å². The van der Waals surface area contributed by atoms with Crippen molar-refractivity contribution in [1.82, 2.24) is 4.90 Å². The molecule has 0 heterocycles. The van der Waals surface area contributed by atoms with Gasteiger partial charge in [0.25, 0.3) is 5.91 Å². The average Bonchev–Trinajstić information content (AvgIpc) is 2.15. The quantitative estimate of drug-likeness (QED) is 0.484. The second-order valence-corrected chi connectivity index (χ2v) is 2.50. The number of ether oxygens (including phenoxy) is 1. The van der Waals surface area contributed by atoms with Crippen LogP contribution in [0.4, 0.5) is 0 Å². The molecule has 0 unspecified atom stereocenters. The predicted octanol–water partition coefficient (Wildman–Crippen LogP) is 0.421. The molecule has 0 atom stereocenters. The van der Waals surface area contributed by atoms with Crippen molar-refractivity contribution in [2.45, 2.75) is 20.8 Å². The van der Waals surface area contributed by atoms with Gasteiger partial charge in [-0.3, -0.25) is 9.59 Å². The summed E-state index contributed by atoms with van der Waals surface area (Å²) in [6, 6.07) is 0. The van der Waals surface area contributed by atoms with Crippen LogP contribution in [0.5, 0.6) is 0 Å². The Bertz CT molecular complexity index is 262. The summed E-state index contributed by atoms with van der Waals surface area (Å²) < 4.78 is 4.72. The van der Waals surface area contributed by atoms with Crippen LogP contribution in [0, 0.1) is 11.8 Å². The SMILES string of the molecule is CC#CC(=O)N(CC)CC(=O)OCC. The standard InChI is InChI=1S/C10H15NO3/c1-4-7-9(12)11(5-2)8-10(13)14-6-3/h5-6,8H2,1-3H3. The molecule has 78 valence electrons. The summed E-state index contributed by atoms with van der Waals surface area (Å²) in [4.78, 5) is 23.7. The summed E-state index contributed by atoms with van der Waals surface area (Å²) in [5.41, 5.74) is 0. The predicted molar refractivity (Wildman–Crippen MR) is 52.3 cm³/mol. The monoisotopic (exact) mass is 197 g/mol. The number of hydrogen-bond donors (Lipinski definition) is 0. The van der Waals surface area contributed by atoms with Gasteiger partial charge in [-0.2, -0.15) is 0 Å². The second kappa shape index (κ2) is 6.96. The van der Waals surface area contributed by atoms with E-state index in [-0.39, 0.29) is 12.5 Å². The van der Waals surface area contributed by atoms with Crippen molar-refractivity contribution < 1.29 is 14.3 Å². The number of rotatable bonds is 4. The van der Waals surface area contributed by atoms with Crippen LogP contribution in [0.1, 0.15) is 20.8 Å². The Morgan fingerprint density at radius 2 is 2.00 bits per heavy atom. The van der Waals surface area contributed by atoms with Crippen LogP contribution in [-0.2, 0) is 14.3 Å². The fourth-order valence-corrected chi connectivity index (χ4v) is 0.876. The summed E-state index contributed by atoms with van der Waals surface area (Å²) in [5.74, 6) is 4.12. The normalized spacial score (nSPS) is 8.50. The minimum Gasteiger partial charge on any atom is -0.465 e. The van der Waals surface area contributed by atoms with Crippen LogP contribution in [0.25, 0.3) is 0 Å². The molecule has 0 saturated heterocycles. The van der Waals surface area contributed by atoms with Crippen LogP contribution in [0.15, 0.2) is 0 Å². The zero-order valence-corrected chi connectivity index (χ0v) is 8.79. The first kappa shape index (κ1) is 12.5. The molecule has 0 fully saturated rings. The van der Waals surface area contributed by atoms with Gasteiger partial charge >= 0.3 is 5.97 Å². The van der Waals surface area contributed by atoms with E-state index in [1.807, 2.05) is 0 Å². The maximum absolute atomic E-state index is 11.3. The van der Waals surface area contributed by atoms with Crippen molar-refractivity contribution in [2.75, 3.05) is 19.7 Å². The average molecular weight is 197 g/mol. The molecule has 0 aromatic rings. The van der Waals surface area contributed by atoms with E-state index in [1.165, 1.54) is 4.90 Å². The fourth-order valence-electron chi connectivity index (χ4n) is 0.876. The molecule has 0 bridgehead atoms. The van der Waals surface area contributed by atoms with E-state index in [2.05, 4.69) is 11.8 Å². The van der Waals surface area contributed by atoms with E-state index < -0.39 is 5.97 Å². The van der Waals surface area contributed by atoms with E-state index in [0.29, 0.717) is 13.2 Å². The number of esters is 1. The van der Waals surface area contributed by atoms with Crippen LogP contribution >= 0.6 is 0 Å². The molecule has 4 heteroatoms. The zero-order chi connectivity index (χ0) is 11.0. The third-order valence-corrected chi connectivity index (χ3v) is 1.53. The first-order chi connectivity index (χ1) is 6.65. The van der Waals surface area contributed by atoms with E-state index in [0.717, 1.165) is 0 Å². The van der Waals surface area contributed by atoms with Gasteiger partial charge in [0.05, 0.1) is 6.61 Å². The van der Waals surface area contributed by atoms with Gasteiger partial charge in [0, 0.05) is 6.54 Å². The van der Waals surface area contributed by atoms with E-state index in [9.17, 15) is 9.59 Å². The van der Waals surface area contributed by atoms with Crippen molar-refractivity contribution in [1.29, 1.82) is 0 Å². The summed E-state index contributed by atoms with van der Waals surface area (Å²) in [6.45, 7) is 5.83. The van der Waals surface area contributed by atoms with Gasteiger partial charge in [-0.15, -0.1) is 0 Å². The van der Waals surface area contributed by atoms with Crippen molar-refractivity contribution in [3.05, 3.63) is 0 Å². The van der Waals surface area contributed by atoms with E-state index >= 15 is 0 Å². The maximum Gasteiger partial charge on any atom is 0.325 e. The van der Waals surface area contributed by atoms with Gasteiger partial charge in [0.2, 0.25) is 0 Å². The van der Waals surface area contributed by atoms with Crippen molar-refractivity contribution in [3.8, 4) is 11.8 Å². The second-order valence-electron chi connectivity index (χ2n) is 2.50. The third kappa shape index (κ3) is 4.51. The molecule has 14 heavy (non-hydrogen) atoms. The first-order valence-corrected chi connectivity index (χ1v) is 4.52. The Balaban J connectivity index is 4.19. The highest BCUT2D eigenvalue weighted by atomic mass is 16.5. The number of carbonyl (C=O) groups is 2. The highest BCUT2D eigenvalue weighted by Gasteiger charge is 2.13. The van der Waals surface area contributed by atoms with E-state index in [4.69, 9.17) is 4.74 Å². The van der Waals surface area contributed by atoms with Crippen LogP contribution in [0.2, 0.25) is 0 Å². The Hall–Kier alpha value is -1.50. The summed E-state index contributed by atoms with van der Waals surface area (Å²) >= 11 is 0. The van der Waals surface area contributed by atoms with Crippen molar-refractivity contribution in [2.24, 2.45) is 0 Å². The zero-order valence-electron chi connectivity index (χ0n) is 8.79. The Morgan fingerprint density at radius 1 is 1.36 bits per heavy atom. The van der Waals surface area contributed by atoms with Crippen LogP contribution in [-0.4, -0.2) is 36.5 Å². The molecule has 0 N–H and O–H groups in total. The third-order valence-electron chi connectivity index (χ3n) is 1.53. The molecule has 0 spiro atoms. The minimum absolute atomic E-state index is 0.0299.